The second-order valence-corrected chi connectivity index (χ2v) is 11.2. The average molecular weight is 563 g/mol. The lowest BCUT2D eigenvalue weighted by Gasteiger charge is -2.39. The zero-order chi connectivity index (χ0) is 28.5. The third-order valence-electron chi connectivity index (χ3n) is 8.69. The highest BCUT2D eigenvalue weighted by atomic mass is 35.5. The first-order valence-corrected chi connectivity index (χ1v) is 13.8. The molecule has 0 bridgehead atoms. The maximum atomic E-state index is 14.7. The minimum Gasteiger partial charge on any atom is -0.352 e. The Bertz CT molecular complexity index is 1780. The van der Waals surface area contributed by atoms with Crippen molar-refractivity contribution >= 4 is 46.0 Å². The molecule has 3 heterocycles. The van der Waals surface area contributed by atoms with Gasteiger partial charge in [-0.1, -0.05) is 54.1 Å². The number of carbonyl (C=O) groups excluding carboxylic acids is 3. The Morgan fingerprint density at radius 2 is 1.49 bits per heavy atom. The molecule has 202 valence electrons. The van der Waals surface area contributed by atoms with E-state index in [0.717, 1.165) is 16.8 Å². The van der Waals surface area contributed by atoms with Crippen LogP contribution in [0.25, 0.3) is 5.57 Å². The van der Waals surface area contributed by atoms with E-state index in [0.29, 0.717) is 21.8 Å². The summed E-state index contributed by atoms with van der Waals surface area (Å²) in [6.07, 6.45) is 2.00. The van der Waals surface area contributed by atoms with Crippen molar-refractivity contribution in [3.63, 3.8) is 0 Å². The molecule has 1 N–H and O–H groups in total. The van der Waals surface area contributed by atoms with Gasteiger partial charge in [-0.05, 0) is 78.7 Å². The largest absolute Gasteiger partial charge is 0.352 e. The number of nitrogens with one attached hydrogen (secondary N) is 1. The fourth-order valence-corrected chi connectivity index (χ4v) is 7.09. The van der Waals surface area contributed by atoms with Crippen molar-refractivity contribution in [3.8, 4) is 0 Å². The van der Waals surface area contributed by atoms with Crippen LogP contribution < -0.4 is 10.2 Å². The number of nitrogens with zero attached hydrogens (tertiary/aromatic N) is 1. The summed E-state index contributed by atoms with van der Waals surface area (Å²) >= 11 is 6.15. The summed E-state index contributed by atoms with van der Waals surface area (Å²) in [5, 5.41) is 3.50. The minimum absolute atomic E-state index is 0.232. The second kappa shape index (κ2) is 9.25. The van der Waals surface area contributed by atoms with Crippen LogP contribution >= 0.6 is 11.6 Å². The first-order valence-electron chi connectivity index (χ1n) is 13.4. The van der Waals surface area contributed by atoms with E-state index in [4.69, 9.17) is 11.6 Å². The number of hydrogen-bond acceptors (Lipinski definition) is 4. The quantitative estimate of drug-likeness (QED) is 0.280. The van der Waals surface area contributed by atoms with Crippen molar-refractivity contribution in [2.24, 2.45) is 5.92 Å². The van der Waals surface area contributed by atoms with Crippen LogP contribution in [0.5, 0.6) is 0 Å². The van der Waals surface area contributed by atoms with Crippen LogP contribution in [-0.2, 0) is 10.2 Å². The van der Waals surface area contributed by atoms with E-state index >= 15 is 0 Å². The number of allylic oxidation sites excluding steroid dienone is 1. The number of hydrogen-bond donors (Lipinski definition) is 1. The Labute approximate surface area is 241 Å². The summed E-state index contributed by atoms with van der Waals surface area (Å²) in [6.45, 7) is 1.98. The fourth-order valence-electron chi connectivity index (χ4n) is 6.97. The van der Waals surface area contributed by atoms with Crippen LogP contribution in [0.4, 0.5) is 15.8 Å². The predicted molar refractivity (Wildman–Crippen MR) is 157 cm³/mol. The van der Waals surface area contributed by atoms with Crippen LogP contribution in [-0.4, -0.2) is 29.6 Å². The fraction of sp³-hybridized carbons (Fsp3) is 0.147. The van der Waals surface area contributed by atoms with Gasteiger partial charge in [-0.15, -0.1) is 0 Å². The smallest absolute Gasteiger partial charge is 0.238 e. The maximum Gasteiger partial charge on any atom is 0.238 e. The number of para-hydroxylation sites is 2. The molecule has 1 saturated heterocycles. The van der Waals surface area contributed by atoms with Crippen molar-refractivity contribution < 1.29 is 18.8 Å². The molecular weight excluding hydrogens is 539 g/mol. The lowest BCUT2D eigenvalue weighted by molar-refractivity contribution is -0.121. The molecule has 7 rings (SSSR count). The Morgan fingerprint density at radius 1 is 0.854 bits per heavy atom. The van der Waals surface area contributed by atoms with Gasteiger partial charge in [-0.3, -0.25) is 14.4 Å². The van der Waals surface area contributed by atoms with E-state index in [9.17, 15) is 18.8 Å². The molecule has 4 unspecified atom stereocenters. The third-order valence-corrected chi connectivity index (χ3v) is 8.94. The van der Waals surface area contributed by atoms with Crippen molar-refractivity contribution in [1.82, 2.24) is 0 Å². The monoisotopic (exact) mass is 562 g/mol. The van der Waals surface area contributed by atoms with Crippen molar-refractivity contribution in [1.29, 1.82) is 0 Å². The predicted octanol–water partition coefficient (Wildman–Crippen LogP) is 6.73. The van der Waals surface area contributed by atoms with Gasteiger partial charge in [0.2, 0.25) is 5.91 Å². The van der Waals surface area contributed by atoms with Gasteiger partial charge in [-0.2, -0.15) is 0 Å². The van der Waals surface area contributed by atoms with E-state index in [1.54, 1.807) is 24.3 Å². The molecular formula is C34H24ClFN2O3. The molecule has 3 aliphatic heterocycles. The highest BCUT2D eigenvalue weighted by Gasteiger charge is 2.70. The van der Waals surface area contributed by atoms with E-state index in [1.165, 1.54) is 24.3 Å². The Balaban J connectivity index is 1.55. The summed E-state index contributed by atoms with van der Waals surface area (Å²) < 4.78 is 13.9. The first kappa shape index (κ1) is 25.4. The zero-order valence-electron chi connectivity index (χ0n) is 22.0. The molecule has 1 fully saturated rings. The summed E-state index contributed by atoms with van der Waals surface area (Å²) in [7, 11) is 0. The SMILES string of the molecule is CC1=CC2N(c3ccccc31)C(C(=O)c1ccc(Cl)cc1)C(C(=O)c1ccc(F)cc1)C21C(=O)Nc2ccccc21. The number of rotatable bonds is 4. The van der Waals surface area contributed by atoms with Gasteiger partial charge in [0.05, 0.1) is 12.0 Å². The number of benzene rings is 4. The molecule has 5 nitrogen and oxygen atoms in total. The number of fused-ring (bicyclic) bond motifs is 6. The van der Waals surface area contributed by atoms with Gasteiger partial charge in [0.15, 0.2) is 11.6 Å². The van der Waals surface area contributed by atoms with Crippen LogP contribution in [0.3, 0.4) is 0 Å². The molecule has 4 aromatic carbocycles. The van der Waals surface area contributed by atoms with Gasteiger partial charge in [-0.25, -0.2) is 4.39 Å². The molecule has 0 aromatic heterocycles. The second-order valence-electron chi connectivity index (χ2n) is 10.8. The van der Waals surface area contributed by atoms with Gasteiger partial charge in [0.25, 0.3) is 0 Å². The highest BCUT2D eigenvalue weighted by Crippen LogP contribution is 2.58. The van der Waals surface area contributed by atoms with Gasteiger partial charge in [0, 0.05) is 33.1 Å². The molecule has 1 spiro atoms. The van der Waals surface area contributed by atoms with Crippen LogP contribution in [0.1, 0.15) is 38.8 Å². The topological polar surface area (TPSA) is 66.5 Å². The molecule has 0 aliphatic carbocycles. The summed E-state index contributed by atoms with van der Waals surface area (Å²) in [6, 6.07) is 25.2. The summed E-state index contributed by atoms with van der Waals surface area (Å²) in [5.74, 6) is -2.65. The number of anilines is 2. The maximum absolute atomic E-state index is 14.7. The Morgan fingerprint density at radius 3 is 2.24 bits per heavy atom. The molecule has 1 amide bonds. The lowest BCUT2D eigenvalue weighted by Crippen LogP contribution is -2.51. The normalized spacial score (nSPS) is 23.9. The lowest BCUT2D eigenvalue weighted by atomic mass is 9.64. The average Bonchev–Trinajstić information content (AvgIpc) is 3.45. The molecule has 0 saturated carbocycles. The molecule has 3 aliphatic rings. The Hall–Kier alpha value is -4.55. The number of carbonyl (C=O) groups is 3. The molecule has 41 heavy (non-hydrogen) atoms. The molecule has 7 heteroatoms. The number of Topliss-reactive ketones (excluding diaryl/α,β-unsaturated/α-hetero) is 2. The third kappa shape index (κ3) is 3.57. The van der Waals surface area contributed by atoms with Gasteiger partial charge in [0.1, 0.15) is 17.3 Å². The van der Waals surface area contributed by atoms with Crippen LogP contribution in [0.15, 0.2) is 103 Å². The van der Waals surface area contributed by atoms with Crippen LogP contribution in [0, 0.1) is 11.7 Å². The van der Waals surface area contributed by atoms with E-state index in [1.807, 2.05) is 66.4 Å². The standard InChI is InChI=1S/C34H24ClFN2O3/c1-19-18-28-34(25-7-3-4-8-26(25)37-33(34)41)29(31(39)20-12-16-23(36)17-13-20)30(32(40)21-10-14-22(35)15-11-21)38(28)27-9-5-2-6-24(19)27/h2-18,28-30H,1H3,(H,37,41). The van der Waals surface area contributed by atoms with Gasteiger partial charge >= 0.3 is 0 Å². The highest BCUT2D eigenvalue weighted by molar-refractivity contribution is 6.30. The summed E-state index contributed by atoms with van der Waals surface area (Å²) in [5.41, 5.74) is 3.10. The van der Waals surface area contributed by atoms with Gasteiger partial charge < -0.3 is 10.2 Å². The Kier molecular flexibility index (Phi) is 5.73. The number of ketones is 2. The number of halogens is 2. The van der Waals surface area contributed by atoms with E-state index in [-0.39, 0.29) is 17.3 Å². The zero-order valence-corrected chi connectivity index (χ0v) is 22.7. The number of amides is 1. The van der Waals surface area contributed by atoms with E-state index in [2.05, 4.69) is 5.32 Å². The molecule has 4 aromatic rings. The summed E-state index contributed by atoms with van der Waals surface area (Å²) in [4.78, 5) is 45.6. The first-order chi connectivity index (χ1) is 19.8. The van der Waals surface area contributed by atoms with E-state index < -0.39 is 35.0 Å². The van der Waals surface area contributed by atoms with Crippen molar-refractivity contribution in [2.75, 3.05) is 10.2 Å². The molecule has 4 atom stereocenters. The van der Waals surface area contributed by atoms with Crippen molar-refractivity contribution in [2.45, 2.75) is 24.4 Å². The van der Waals surface area contributed by atoms with Crippen molar-refractivity contribution in [3.05, 3.63) is 136 Å². The van der Waals surface area contributed by atoms with Crippen LogP contribution in [0.2, 0.25) is 5.02 Å². The molecule has 0 radical (unpaired) electrons. The minimum atomic E-state index is -1.43.